The summed E-state index contributed by atoms with van der Waals surface area (Å²) in [5.41, 5.74) is 3.09. The van der Waals surface area contributed by atoms with Crippen LogP contribution in [0.2, 0.25) is 5.02 Å². The van der Waals surface area contributed by atoms with Gasteiger partial charge in [-0.1, -0.05) is 35.9 Å². The number of hydrogen-bond donors (Lipinski definition) is 3. The monoisotopic (exact) mass is 615 g/mol. The van der Waals surface area contributed by atoms with Crippen LogP contribution in [0.5, 0.6) is 11.5 Å². The number of benzene rings is 4. The normalized spacial score (nSPS) is 10.9. The summed E-state index contributed by atoms with van der Waals surface area (Å²) < 4.78 is 10.7. The van der Waals surface area contributed by atoms with E-state index in [0.29, 0.717) is 39.0 Å². The van der Waals surface area contributed by atoms with E-state index < -0.39 is 11.8 Å². The van der Waals surface area contributed by atoms with Crippen molar-refractivity contribution in [1.29, 1.82) is 0 Å². The highest BCUT2D eigenvalue weighted by molar-refractivity contribution is 8.00. The van der Waals surface area contributed by atoms with Crippen LogP contribution in [0, 0.1) is 6.92 Å². The SMILES string of the molecule is COc1ccc(/C=C(\NC(=O)c2ccccc2)C(=O)Nc2ccc(SCC(=O)Nc3cc(Cl)ccc3C)cc2)c(OC)c1. The molecule has 0 fully saturated rings. The fourth-order valence-electron chi connectivity index (χ4n) is 3.93. The first-order chi connectivity index (χ1) is 20.7. The second-order valence-electron chi connectivity index (χ2n) is 9.26. The molecule has 220 valence electrons. The first kappa shape index (κ1) is 31.2. The van der Waals surface area contributed by atoms with Crippen molar-refractivity contribution < 1.29 is 23.9 Å². The zero-order chi connectivity index (χ0) is 30.8. The second kappa shape index (κ2) is 14.9. The maximum absolute atomic E-state index is 13.4. The first-order valence-electron chi connectivity index (χ1n) is 13.2. The molecule has 0 radical (unpaired) electrons. The number of nitrogens with one attached hydrogen (secondary N) is 3. The summed E-state index contributed by atoms with van der Waals surface area (Å²) in [6.45, 7) is 1.90. The molecule has 0 aliphatic heterocycles. The van der Waals surface area contributed by atoms with Gasteiger partial charge in [0.25, 0.3) is 11.8 Å². The van der Waals surface area contributed by atoms with Gasteiger partial charge in [0.05, 0.1) is 20.0 Å². The van der Waals surface area contributed by atoms with E-state index in [1.54, 1.807) is 98.1 Å². The number of halogens is 1. The van der Waals surface area contributed by atoms with E-state index in [4.69, 9.17) is 21.1 Å². The van der Waals surface area contributed by atoms with Crippen LogP contribution in [-0.4, -0.2) is 37.7 Å². The lowest BCUT2D eigenvalue weighted by Gasteiger charge is -2.13. The summed E-state index contributed by atoms with van der Waals surface area (Å²) in [5.74, 6) is 0.120. The number of carbonyl (C=O) groups excluding carboxylic acids is 3. The zero-order valence-corrected chi connectivity index (χ0v) is 25.3. The van der Waals surface area contributed by atoms with E-state index in [9.17, 15) is 14.4 Å². The van der Waals surface area contributed by atoms with Gasteiger partial charge in [-0.15, -0.1) is 11.8 Å². The van der Waals surface area contributed by atoms with E-state index >= 15 is 0 Å². The number of rotatable bonds is 11. The Hall–Kier alpha value is -4.73. The van der Waals surface area contributed by atoms with Crippen molar-refractivity contribution in [3.63, 3.8) is 0 Å². The highest BCUT2D eigenvalue weighted by Crippen LogP contribution is 2.27. The number of amides is 3. The van der Waals surface area contributed by atoms with Crippen LogP contribution in [0.3, 0.4) is 0 Å². The highest BCUT2D eigenvalue weighted by atomic mass is 35.5. The summed E-state index contributed by atoms with van der Waals surface area (Å²) in [6.07, 6.45) is 1.54. The molecule has 3 amide bonds. The number of ether oxygens (including phenoxy) is 2. The third-order valence-corrected chi connectivity index (χ3v) is 7.47. The molecule has 0 saturated heterocycles. The molecule has 0 heterocycles. The van der Waals surface area contributed by atoms with Crippen molar-refractivity contribution in [3.8, 4) is 11.5 Å². The first-order valence-corrected chi connectivity index (χ1v) is 14.5. The second-order valence-corrected chi connectivity index (χ2v) is 10.7. The van der Waals surface area contributed by atoms with Crippen LogP contribution < -0.4 is 25.4 Å². The van der Waals surface area contributed by atoms with Gasteiger partial charge in [0.2, 0.25) is 5.91 Å². The van der Waals surface area contributed by atoms with E-state index in [1.165, 1.54) is 18.9 Å². The quantitative estimate of drug-likeness (QED) is 0.126. The van der Waals surface area contributed by atoms with Crippen LogP contribution in [0.1, 0.15) is 21.5 Å². The Bertz CT molecular complexity index is 1640. The van der Waals surface area contributed by atoms with Gasteiger partial charge in [-0.2, -0.15) is 0 Å². The highest BCUT2D eigenvalue weighted by Gasteiger charge is 2.17. The van der Waals surface area contributed by atoms with Crippen LogP contribution in [-0.2, 0) is 9.59 Å². The molecular weight excluding hydrogens is 586 g/mol. The smallest absolute Gasteiger partial charge is 0.272 e. The fraction of sp³-hybridized carbons (Fsp3) is 0.121. The largest absolute Gasteiger partial charge is 0.497 e. The molecule has 4 aromatic carbocycles. The molecule has 4 rings (SSSR count). The topological polar surface area (TPSA) is 106 Å². The van der Waals surface area contributed by atoms with Gasteiger partial charge in [0.15, 0.2) is 0 Å². The predicted octanol–water partition coefficient (Wildman–Crippen LogP) is 6.81. The maximum atomic E-state index is 13.4. The van der Waals surface area contributed by atoms with Crippen molar-refractivity contribution >= 4 is 58.5 Å². The van der Waals surface area contributed by atoms with Gasteiger partial charge < -0.3 is 25.4 Å². The lowest BCUT2D eigenvalue weighted by Crippen LogP contribution is -2.30. The summed E-state index contributed by atoms with van der Waals surface area (Å²) in [4.78, 5) is 39.7. The van der Waals surface area contributed by atoms with Gasteiger partial charge >= 0.3 is 0 Å². The minimum absolute atomic E-state index is 0.0174. The van der Waals surface area contributed by atoms with E-state index in [1.807, 2.05) is 13.0 Å². The van der Waals surface area contributed by atoms with Crippen molar-refractivity contribution in [2.24, 2.45) is 0 Å². The predicted molar refractivity (Wildman–Crippen MR) is 172 cm³/mol. The Kier molecular flexibility index (Phi) is 10.9. The molecular formula is C33H30ClN3O5S. The Morgan fingerprint density at radius 2 is 1.60 bits per heavy atom. The van der Waals surface area contributed by atoms with Crippen LogP contribution in [0.4, 0.5) is 11.4 Å². The molecule has 0 atom stereocenters. The Balaban J connectivity index is 1.46. The van der Waals surface area contributed by atoms with Crippen molar-refractivity contribution in [2.45, 2.75) is 11.8 Å². The molecule has 0 spiro atoms. The molecule has 0 aromatic heterocycles. The Morgan fingerprint density at radius 3 is 2.30 bits per heavy atom. The van der Waals surface area contributed by atoms with Crippen LogP contribution >= 0.6 is 23.4 Å². The summed E-state index contributed by atoms with van der Waals surface area (Å²) >= 11 is 7.40. The standard InChI is InChI=1S/C33H30ClN3O5S/c1-21-9-11-24(34)18-28(21)36-31(38)20-43-27-15-12-25(13-16-27)35-33(40)29(37-32(39)22-7-5-4-6-8-22)17-23-10-14-26(41-2)19-30(23)42-3/h4-19H,20H2,1-3H3,(H,35,40)(H,36,38)(H,37,39)/b29-17-. The van der Waals surface area contributed by atoms with Gasteiger partial charge in [-0.05, 0) is 79.2 Å². The molecule has 8 nitrogen and oxygen atoms in total. The summed E-state index contributed by atoms with van der Waals surface area (Å²) in [5, 5.41) is 8.97. The molecule has 0 aliphatic rings. The molecule has 43 heavy (non-hydrogen) atoms. The number of thioether (sulfide) groups is 1. The summed E-state index contributed by atoms with van der Waals surface area (Å²) in [7, 11) is 3.06. The molecule has 10 heteroatoms. The molecule has 3 N–H and O–H groups in total. The Labute approximate surface area is 259 Å². The number of methoxy groups -OCH3 is 2. The third kappa shape index (κ3) is 8.88. The number of carbonyl (C=O) groups is 3. The van der Waals surface area contributed by atoms with Gasteiger partial charge in [0, 0.05) is 38.5 Å². The van der Waals surface area contributed by atoms with Crippen molar-refractivity contribution in [1.82, 2.24) is 5.32 Å². The molecule has 0 saturated carbocycles. The van der Waals surface area contributed by atoms with E-state index in [0.717, 1.165) is 10.5 Å². The van der Waals surface area contributed by atoms with Gasteiger partial charge in [-0.3, -0.25) is 14.4 Å². The third-order valence-electron chi connectivity index (χ3n) is 6.23. The number of anilines is 2. The fourth-order valence-corrected chi connectivity index (χ4v) is 4.80. The Morgan fingerprint density at radius 1 is 0.860 bits per heavy atom. The molecule has 0 aliphatic carbocycles. The van der Waals surface area contributed by atoms with E-state index in [-0.39, 0.29) is 17.4 Å². The number of aryl methyl sites for hydroxylation is 1. The van der Waals surface area contributed by atoms with Crippen LogP contribution in [0.15, 0.2) is 102 Å². The van der Waals surface area contributed by atoms with Crippen molar-refractivity contribution in [2.75, 3.05) is 30.6 Å². The molecule has 0 unspecified atom stereocenters. The minimum atomic E-state index is -0.529. The average molecular weight is 616 g/mol. The van der Waals surface area contributed by atoms with Gasteiger partial charge in [0.1, 0.15) is 17.2 Å². The van der Waals surface area contributed by atoms with Crippen molar-refractivity contribution in [3.05, 3.63) is 118 Å². The van der Waals surface area contributed by atoms with E-state index in [2.05, 4.69) is 16.0 Å². The molecule has 4 aromatic rings. The van der Waals surface area contributed by atoms with Gasteiger partial charge in [-0.25, -0.2) is 0 Å². The molecule has 0 bridgehead atoms. The lowest BCUT2D eigenvalue weighted by molar-refractivity contribution is -0.114. The minimum Gasteiger partial charge on any atom is -0.497 e. The average Bonchev–Trinajstić information content (AvgIpc) is 3.02. The maximum Gasteiger partial charge on any atom is 0.272 e. The van der Waals surface area contributed by atoms with Crippen LogP contribution in [0.25, 0.3) is 6.08 Å². The lowest BCUT2D eigenvalue weighted by atomic mass is 10.1. The summed E-state index contributed by atoms with van der Waals surface area (Å²) in [6, 6.07) is 26.1. The zero-order valence-electron chi connectivity index (χ0n) is 23.8. The number of hydrogen-bond acceptors (Lipinski definition) is 6.